The van der Waals surface area contributed by atoms with Gasteiger partial charge in [0.1, 0.15) is 5.82 Å². The van der Waals surface area contributed by atoms with Crippen molar-refractivity contribution in [2.24, 2.45) is 5.92 Å². The molecule has 2 N–H and O–H groups in total. The van der Waals surface area contributed by atoms with E-state index in [2.05, 4.69) is 34.9 Å². The molecule has 0 bridgehead atoms. The molecular weight excluding hydrogens is 690 g/mol. The van der Waals surface area contributed by atoms with Crippen molar-refractivity contribution in [1.82, 2.24) is 15.5 Å². The fraction of sp³-hybridized carbons (Fsp3) is 0.140. The van der Waals surface area contributed by atoms with Crippen LogP contribution < -0.4 is 10.6 Å². The third-order valence-electron chi connectivity index (χ3n) is 9.49. The van der Waals surface area contributed by atoms with Crippen molar-refractivity contribution in [2.45, 2.75) is 18.9 Å². The highest BCUT2D eigenvalue weighted by Gasteiger charge is 2.37. The van der Waals surface area contributed by atoms with Crippen molar-refractivity contribution in [3.8, 4) is 11.1 Å². The minimum atomic E-state index is -0.462. The number of thioether (sulfide) groups is 1. The summed E-state index contributed by atoms with van der Waals surface area (Å²) in [6.45, 7) is 0.596. The number of imide groups is 1. The third-order valence-corrected chi connectivity index (χ3v) is 10.3. The highest BCUT2D eigenvalue weighted by molar-refractivity contribution is 8.18. The quantitative estimate of drug-likeness (QED) is 0.114. The normalized spacial score (nSPS) is 17.5. The second-order valence-corrected chi connectivity index (χ2v) is 14.0. The molecule has 0 aromatic heterocycles. The lowest BCUT2D eigenvalue weighted by Gasteiger charge is -2.26. The maximum atomic E-state index is 14.4. The lowest BCUT2D eigenvalue weighted by molar-refractivity contribution is -0.115. The third kappa shape index (κ3) is 8.03. The van der Waals surface area contributed by atoms with Gasteiger partial charge in [0.15, 0.2) is 5.78 Å². The molecule has 5 aromatic carbocycles. The molecule has 4 amide bonds. The molecule has 0 aliphatic carbocycles. The van der Waals surface area contributed by atoms with Crippen LogP contribution in [-0.2, 0) is 11.2 Å². The number of amides is 4. The van der Waals surface area contributed by atoms with Gasteiger partial charge in [0.25, 0.3) is 23.0 Å². The standard InChI is InChI=1S/C43H34FN3O5S/c44-33-20-18-30(19-21-33)39(48)36-12-6-7-13-37(36)42(51)47-26-28(22-32-10-4-5-11-35(32)29-8-2-1-3-9-29)23-34(47)25-45-40(49)31-16-14-27(15-17-31)24-38-41(50)46-43(52)53-38/h1-21,24,28,34H,22-23,25-26H2,(H,45,49)(H,46,50,52)/t28-,34+/m1/s1. The summed E-state index contributed by atoms with van der Waals surface area (Å²) in [5.41, 5.74) is 5.17. The Morgan fingerprint density at radius 1 is 0.792 bits per heavy atom. The number of nitrogens with zero attached hydrogens (tertiary/aromatic N) is 1. The van der Waals surface area contributed by atoms with E-state index >= 15 is 0 Å². The van der Waals surface area contributed by atoms with Gasteiger partial charge >= 0.3 is 0 Å². The van der Waals surface area contributed by atoms with E-state index in [4.69, 9.17) is 0 Å². The largest absolute Gasteiger partial charge is 0.350 e. The summed E-state index contributed by atoms with van der Waals surface area (Å²) < 4.78 is 13.6. The Bertz CT molecular complexity index is 2240. The van der Waals surface area contributed by atoms with Gasteiger partial charge in [-0.1, -0.05) is 84.9 Å². The van der Waals surface area contributed by atoms with Crippen molar-refractivity contribution in [3.63, 3.8) is 0 Å². The first kappa shape index (κ1) is 35.3. The van der Waals surface area contributed by atoms with E-state index < -0.39 is 17.0 Å². The summed E-state index contributed by atoms with van der Waals surface area (Å²) >= 11 is 0.821. The number of carbonyl (C=O) groups excluding carboxylic acids is 5. The maximum Gasteiger partial charge on any atom is 0.290 e. The number of ketones is 1. The fourth-order valence-electron chi connectivity index (χ4n) is 6.91. The van der Waals surface area contributed by atoms with Gasteiger partial charge in [-0.05, 0) is 101 Å². The van der Waals surface area contributed by atoms with Crippen LogP contribution in [0.15, 0.2) is 132 Å². The molecule has 2 aliphatic heterocycles. The second-order valence-electron chi connectivity index (χ2n) is 13.0. The van der Waals surface area contributed by atoms with Crippen LogP contribution >= 0.6 is 11.8 Å². The Balaban J connectivity index is 1.12. The van der Waals surface area contributed by atoms with Crippen LogP contribution in [0.1, 0.15) is 54.2 Å². The number of nitrogens with one attached hydrogen (secondary N) is 2. The lowest BCUT2D eigenvalue weighted by Crippen LogP contribution is -2.43. The molecule has 8 nitrogen and oxygen atoms in total. The van der Waals surface area contributed by atoms with Crippen LogP contribution in [0.4, 0.5) is 9.18 Å². The zero-order valence-electron chi connectivity index (χ0n) is 28.5. The molecule has 2 heterocycles. The van der Waals surface area contributed by atoms with Gasteiger partial charge in [-0.15, -0.1) is 0 Å². The van der Waals surface area contributed by atoms with Gasteiger partial charge in [0, 0.05) is 35.8 Å². The predicted octanol–water partition coefficient (Wildman–Crippen LogP) is 7.55. The van der Waals surface area contributed by atoms with E-state index in [1.165, 1.54) is 24.3 Å². The SMILES string of the molecule is O=C1NC(=O)C(=Cc2ccc(C(=O)NC[C@@H]3C[C@@H](Cc4ccccc4-c4ccccc4)CN3C(=O)c3ccccc3C(=O)c3ccc(F)cc3)cc2)S1. The van der Waals surface area contributed by atoms with Crippen molar-refractivity contribution < 1.29 is 28.4 Å². The summed E-state index contributed by atoms with van der Waals surface area (Å²) in [6, 6.07) is 36.6. The fourth-order valence-corrected chi connectivity index (χ4v) is 7.59. The lowest BCUT2D eigenvalue weighted by atomic mass is 9.91. The van der Waals surface area contributed by atoms with Gasteiger partial charge < -0.3 is 10.2 Å². The van der Waals surface area contributed by atoms with Gasteiger partial charge in [-0.25, -0.2) is 4.39 Å². The Labute approximate surface area is 310 Å². The van der Waals surface area contributed by atoms with Crippen molar-refractivity contribution >= 4 is 46.6 Å². The Morgan fingerprint density at radius 2 is 1.45 bits per heavy atom. The topological polar surface area (TPSA) is 113 Å². The molecule has 53 heavy (non-hydrogen) atoms. The van der Waals surface area contributed by atoms with Gasteiger partial charge in [-0.2, -0.15) is 0 Å². The molecule has 264 valence electrons. The maximum absolute atomic E-state index is 14.4. The summed E-state index contributed by atoms with van der Waals surface area (Å²) in [7, 11) is 0. The number of rotatable bonds is 10. The zero-order chi connectivity index (χ0) is 36.9. The van der Waals surface area contributed by atoms with Crippen LogP contribution in [0.3, 0.4) is 0 Å². The number of benzene rings is 5. The molecule has 0 unspecified atom stereocenters. The summed E-state index contributed by atoms with van der Waals surface area (Å²) in [5.74, 6) is -1.89. The van der Waals surface area contributed by atoms with E-state index in [1.807, 2.05) is 30.3 Å². The molecular formula is C43H34FN3O5S. The summed E-state index contributed by atoms with van der Waals surface area (Å²) in [4.78, 5) is 66.9. The second kappa shape index (κ2) is 15.6. The van der Waals surface area contributed by atoms with Crippen molar-refractivity contribution in [3.05, 3.63) is 171 Å². The first-order valence-corrected chi connectivity index (χ1v) is 18.0. The average Bonchev–Trinajstić information content (AvgIpc) is 3.74. The number of carbonyl (C=O) groups is 5. The smallest absolute Gasteiger partial charge is 0.290 e. The Morgan fingerprint density at radius 3 is 2.17 bits per heavy atom. The summed E-state index contributed by atoms with van der Waals surface area (Å²) in [5, 5.41) is 4.80. The Kier molecular flexibility index (Phi) is 10.4. The van der Waals surface area contributed by atoms with Crippen LogP contribution in [0.2, 0.25) is 0 Å². The van der Waals surface area contributed by atoms with Gasteiger partial charge in [-0.3, -0.25) is 29.3 Å². The number of halogens is 1. The molecule has 2 aliphatic rings. The number of likely N-dealkylation sites (tertiary alicyclic amines) is 1. The van der Waals surface area contributed by atoms with E-state index in [1.54, 1.807) is 59.5 Å². The van der Waals surface area contributed by atoms with Crippen LogP contribution in [0, 0.1) is 11.7 Å². The molecule has 0 spiro atoms. The van der Waals surface area contributed by atoms with Crippen molar-refractivity contribution in [2.75, 3.05) is 13.1 Å². The van der Waals surface area contributed by atoms with Gasteiger partial charge in [0.2, 0.25) is 0 Å². The highest BCUT2D eigenvalue weighted by atomic mass is 32.2. The van der Waals surface area contributed by atoms with E-state index in [0.717, 1.165) is 28.5 Å². The first-order chi connectivity index (χ1) is 25.7. The molecule has 2 atom stereocenters. The molecule has 0 radical (unpaired) electrons. The van der Waals surface area contributed by atoms with E-state index in [0.29, 0.717) is 30.5 Å². The molecule has 7 rings (SSSR count). The molecule has 2 saturated heterocycles. The monoisotopic (exact) mass is 723 g/mol. The Hall–Kier alpha value is -6.13. The van der Waals surface area contributed by atoms with Crippen molar-refractivity contribution in [1.29, 1.82) is 0 Å². The molecule has 10 heteroatoms. The minimum absolute atomic E-state index is 0.0653. The zero-order valence-corrected chi connectivity index (χ0v) is 29.3. The number of hydrogen-bond donors (Lipinski definition) is 2. The van der Waals surface area contributed by atoms with Gasteiger partial charge in [0.05, 0.1) is 10.5 Å². The first-order valence-electron chi connectivity index (χ1n) is 17.2. The molecule has 5 aromatic rings. The van der Waals surface area contributed by atoms with Crippen LogP contribution in [-0.4, -0.2) is 52.8 Å². The predicted molar refractivity (Wildman–Crippen MR) is 203 cm³/mol. The van der Waals surface area contributed by atoms with E-state index in [9.17, 15) is 28.4 Å². The van der Waals surface area contributed by atoms with Crippen LogP contribution in [0.5, 0.6) is 0 Å². The highest BCUT2D eigenvalue weighted by Crippen LogP contribution is 2.33. The average molecular weight is 724 g/mol. The van der Waals surface area contributed by atoms with Crippen LogP contribution in [0.25, 0.3) is 17.2 Å². The number of hydrogen-bond acceptors (Lipinski definition) is 6. The van der Waals surface area contributed by atoms with E-state index in [-0.39, 0.29) is 57.7 Å². The summed E-state index contributed by atoms with van der Waals surface area (Å²) in [6.07, 6.45) is 2.91. The molecule has 0 saturated carbocycles. The minimum Gasteiger partial charge on any atom is -0.350 e. The molecule has 2 fully saturated rings.